The van der Waals surface area contributed by atoms with Gasteiger partial charge in [-0.2, -0.15) is 5.10 Å². The molecule has 1 aromatic heterocycles. The molecule has 0 saturated carbocycles. The molecule has 1 aliphatic heterocycles. The van der Waals surface area contributed by atoms with Crippen LogP contribution in [-0.2, 0) is 4.79 Å². The van der Waals surface area contributed by atoms with E-state index in [2.05, 4.69) is 27.8 Å². The van der Waals surface area contributed by atoms with Crippen molar-refractivity contribution in [3.05, 3.63) is 36.5 Å². The van der Waals surface area contributed by atoms with Gasteiger partial charge in [0.05, 0.1) is 11.6 Å². The van der Waals surface area contributed by atoms with Crippen molar-refractivity contribution in [2.75, 3.05) is 18.4 Å². The van der Waals surface area contributed by atoms with Crippen LogP contribution in [0.5, 0.6) is 0 Å². The standard InChI is InChI=1S/C15H18N4O/c1-10-8-16-9-13(10)15(20)18-12-4-2-3-11(7-12)14-5-6-17-19-14/h2-7,10,13,16H,8-9H2,1H3,(H,17,19)(H,18,20)/t10-,13-/m1/s1. The quantitative estimate of drug-likeness (QED) is 0.797. The lowest BCUT2D eigenvalue weighted by Crippen LogP contribution is -2.27. The molecule has 1 saturated heterocycles. The van der Waals surface area contributed by atoms with Crippen LogP contribution in [0, 0.1) is 11.8 Å². The van der Waals surface area contributed by atoms with Crippen LogP contribution in [0.1, 0.15) is 6.92 Å². The van der Waals surface area contributed by atoms with Gasteiger partial charge in [-0.3, -0.25) is 9.89 Å². The number of carbonyl (C=O) groups excluding carboxylic acids is 1. The maximum Gasteiger partial charge on any atom is 0.229 e. The van der Waals surface area contributed by atoms with Crippen LogP contribution in [0.3, 0.4) is 0 Å². The SMILES string of the molecule is C[C@@H]1CNC[C@H]1C(=O)Nc1cccc(-c2ccn[nH]2)c1. The molecule has 0 radical (unpaired) electrons. The predicted octanol–water partition coefficient (Wildman–Crippen LogP) is 1.87. The fourth-order valence-corrected chi connectivity index (χ4v) is 2.58. The predicted molar refractivity (Wildman–Crippen MR) is 78.2 cm³/mol. The normalized spacial score (nSPS) is 21.9. The highest BCUT2D eigenvalue weighted by molar-refractivity contribution is 5.93. The number of anilines is 1. The summed E-state index contributed by atoms with van der Waals surface area (Å²) < 4.78 is 0. The minimum absolute atomic E-state index is 0.0470. The Hall–Kier alpha value is -2.14. The second kappa shape index (κ2) is 5.46. The average Bonchev–Trinajstić information content (AvgIpc) is 3.09. The molecule has 0 bridgehead atoms. The summed E-state index contributed by atoms with van der Waals surface area (Å²) in [6.07, 6.45) is 1.71. The Labute approximate surface area is 117 Å². The molecular formula is C15H18N4O. The van der Waals surface area contributed by atoms with Gasteiger partial charge in [0.15, 0.2) is 0 Å². The number of rotatable bonds is 3. The molecule has 1 fully saturated rings. The fourth-order valence-electron chi connectivity index (χ4n) is 2.58. The molecule has 1 amide bonds. The zero-order chi connectivity index (χ0) is 13.9. The number of H-pyrrole nitrogens is 1. The lowest BCUT2D eigenvalue weighted by Gasteiger charge is -2.14. The highest BCUT2D eigenvalue weighted by atomic mass is 16.1. The second-order valence-corrected chi connectivity index (χ2v) is 5.28. The van der Waals surface area contributed by atoms with Crippen molar-refractivity contribution in [2.24, 2.45) is 11.8 Å². The third kappa shape index (κ3) is 2.58. The summed E-state index contributed by atoms with van der Waals surface area (Å²) in [5.41, 5.74) is 2.77. The minimum atomic E-state index is 0.0470. The number of hydrogen-bond donors (Lipinski definition) is 3. The molecule has 5 heteroatoms. The molecule has 0 unspecified atom stereocenters. The summed E-state index contributed by atoms with van der Waals surface area (Å²) in [5, 5.41) is 13.1. The summed E-state index contributed by atoms with van der Waals surface area (Å²) in [6.45, 7) is 3.77. The van der Waals surface area contributed by atoms with Gasteiger partial charge < -0.3 is 10.6 Å². The summed E-state index contributed by atoms with van der Waals surface area (Å²) in [5.74, 6) is 0.515. The number of aromatic nitrogens is 2. The smallest absolute Gasteiger partial charge is 0.229 e. The van der Waals surface area contributed by atoms with E-state index in [0.717, 1.165) is 30.0 Å². The summed E-state index contributed by atoms with van der Waals surface area (Å²) in [7, 11) is 0. The van der Waals surface area contributed by atoms with E-state index >= 15 is 0 Å². The molecule has 2 atom stereocenters. The Kier molecular flexibility index (Phi) is 3.52. The molecule has 20 heavy (non-hydrogen) atoms. The van der Waals surface area contributed by atoms with Crippen LogP contribution in [-0.4, -0.2) is 29.2 Å². The molecule has 5 nitrogen and oxygen atoms in total. The summed E-state index contributed by atoms with van der Waals surface area (Å²) >= 11 is 0. The molecule has 2 aromatic rings. The lowest BCUT2D eigenvalue weighted by molar-refractivity contribution is -0.120. The maximum atomic E-state index is 12.3. The number of carbonyl (C=O) groups is 1. The van der Waals surface area contributed by atoms with Crippen molar-refractivity contribution in [1.82, 2.24) is 15.5 Å². The van der Waals surface area contributed by atoms with Crippen molar-refractivity contribution in [1.29, 1.82) is 0 Å². The topological polar surface area (TPSA) is 69.8 Å². The van der Waals surface area contributed by atoms with Crippen molar-refractivity contribution in [3.63, 3.8) is 0 Å². The number of nitrogens with zero attached hydrogens (tertiary/aromatic N) is 1. The lowest BCUT2D eigenvalue weighted by atomic mass is 9.97. The Balaban J connectivity index is 1.74. The van der Waals surface area contributed by atoms with E-state index in [1.54, 1.807) is 6.20 Å². The second-order valence-electron chi connectivity index (χ2n) is 5.28. The van der Waals surface area contributed by atoms with E-state index in [4.69, 9.17) is 0 Å². The highest BCUT2D eigenvalue weighted by Gasteiger charge is 2.29. The van der Waals surface area contributed by atoms with Gasteiger partial charge in [0.1, 0.15) is 0 Å². The van der Waals surface area contributed by atoms with E-state index in [-0.39, 0.29) is 11.8 Å². The zero-order valence-electron chi connectivity index (χ0n) is 11.4. The van der Waals surface area contributed by atoms with Gasteiger partial charge in [-0.05, 0) is 30.7 Å². The molecule has 104 valence electrons. The first-order valence-electron chi connectivity index (χ1n) is 6.85. The summed E-state index contributed by atoms with van der Waals surface area (Å²) in [6, 6.07) is 9.69. The first kappa shape index (κ1) is 12.9. The van der Waals surface area contributed by atoms with Gasteiger partial charge in [0.25, 0.3) is 0 Å². The molecular weight excluding hydrogens is 252 g/mol. The van der Waals surface area contributed by atoms with Crippen LogP contribution in [0.15, 0.2) is 36.5 Å². The van der Waals surface area contributed by atoms with E-state index < -0.39 is 0 Å². The third-order valence-corrected chi connectivity index (χ3v) is 3.80. The van der Waals surface area contributed by atoms with Gasteiger partial charge in [-0.1, -0.05) is 19.1 Å². The average molecular weight is 270 g/mol. The van der Waals surface area contributed by atoms with Gasteiger partial charge in [-0.15, -0.1) is 0 Å². The van der Waals surface area contributed by atoms with E-state index in [0.29, 0.717) is 5.92 Å². The molecule has 0 spiro atoms. The fraction of sp³-hybridized carbons (Fsp3) is 0.333. The monoisotopic (exact) mass is 270 g/mol. The number of aromatic amines is 1. The summed E-state index contributed by atoms with van der Waals surface area (Å²) in [4.78, 5) is 12.3. The number of benzene rings is 1. The van der Waals surface area contributed by atoms with Crippen molar-refractivity contribution in [3.8, 4) is 11.3 Å². The Morgan fingerprint density at radius 2 is 2.25 bits per heavy atom. The minimum Gasteiger partial charge on any atom is -0.326 e. The van der Waals surface area contributed by atoms with Crippen molar-refractivity contribution in [2.45, 2.75) is 6.92 Å². The van der Waals surface area contributed by atoms with Crippen LogP contribution in [0.2, 0.25) is 0 Å². The van der Waals surface area contributed by atoms with Gasteiger partial charge in [0, 0.05) is 24.0 Å². The Bertz CT molecular complexity index is 594. The van der Waals surface area contributed by atoms with E-state index in [1.165, 1.54) is 0 Å². The van der Waals surface area contributed by atoms with Crippen LogP contribution in [0.25, 0.3) is 11.3 Å². The van der Waals surface area contributed by atoms with Crippen LogP contribution < -0.4 is 10.6 Å². The van der Waals surface area contributed by atoms with Crippen molar-refractivity contribution < 1.29 is 4.79 Å². The largest absolute Gasteiger partial charge is 0.326 e. The molecule has 1 aromatic carbocycles. The Morgan fingerprint density at radius 3 is 2.95 bits per heavy atom. The first-order chi connectivity index (χ1) is 9.74. The third-order valence-electron chi connectivity index (χ3n) is 3.80. The molecule has 2 heterocycles. The van der Waals surface area contributed by atoms with Crippen LogP contribution >= 0.6 is 0 Å². The first-order valence-corrected chi connectivity index (χ1v) is 6.85. The number of nitrogens with one attached hydrogen (secondary N) is 3. The number of amides is 1. The van der Waals surface area contributed by atoms with Gasteiger partial charge >= 0.3 is 0 Å². The maximum absolute atomic E-state index is 12.3. The van der Waals surface area contributed by atoms with Gasteiger partial charge in [0.2, 0.25) is 5.91 Å². The number of hydrogen-bond acceptors (Lipinski definition) is 3. The zero-order valence-corrected chi connectivity index (χ0v) is 11.4. The van der Waals surface area contributed by atoms with E-state index in [9.17, 15) is 4.79 Å². The van der Waals surface area contributed by atoms with E-state index in [1.807, 2.05) is 30.3 Å². The van der Waals surface area contributed by atoms with Gasteiger partial charge in [-0.25, -0.2) is 0 Å². The molecule has 3 rings (SSSR count). The molecule has 1 aliphatic rings. The molecule has 0 aliphatic carbocycles. The molecule has 3 N–H and O–H groups in total. The van der Waals surface area contributed by atoms with Crippen molar-refractivity contribution >= 4 is 11.6 Å². The Morgan fingerprint density at radius 1 is 1.35 bits per heavy atom. The van der Waals surface area contributed by atoms with Crippen LogP contribution in [0.4, 0.5) is 5.69 Å². The highest BCUT2D eigenvalue weighted by Crippen LogP contribution is 2.22.